The van der Waals surface area contributed by atoms with E-state index in [0.29, 0.717) is 5.75 Å². The third-order valence-corrected chi connectivity index (χ3v) is 3.88. The Hall–Kier alpha value is -1.46. The Morgan fingerprint density at radius 2 is 1.60 bits per heavy atom. The fourth-order valence-corrected chi connectivity index (χ4v) is 2.55. The van der Waals surface area contributed by atoms with Gasteiger partial charge in [-0.15, -0.1) is 11.8 Å². The summed E-state index contributed by atoms with van der Waals surface area (Å²) >= 11 is 1.35. The summed E-state index contributed by atoms with van der Waals surface area (Å²) in [6.07, 6.45) is -0.648. The number of halogens is 3. The van der Waals surface area contributed by atoms with Gasteiger partial charge in [-0.05, 0) is 35.9 Å². The zero-order valence-corrected chi connectivity index (χ0v) is 11.3. The predicted molar refractivity (Wildman–Crippen MR) is 73.2 cm³/mol. The van der Waals surface area contributed by atoms with Crippen LogP contribution in [-0.2, 0) is 6.42 Å². The topological polar surface area (TPSA) is 20.2 Å². The normalized spacial score (nSPS) is 12.4. The first-order valence-corrected chi connectivity index (χ1v) is 7.03. The summed E-state index contributed by atoms with van der Waals surface area (Å²) in [5.74, 6) is -1.26. The summed E-state index contributed by atoms with van der Waals surface area (Å²) in [6, 6.07) is 9.21. The molecule has 106 valence electrons. The molecule has 0 saturated heterocycles. The zero-order valence-electron chi connectivity index (χ0n) is 10.5. The Bertz CT molecular complexity index is 572. The van der Waals surface area contributed by atoms with Crippen LogP contribution in [0.15, 0.2) is 47.4 Å². The minimum atomic E-state index is -0.759. The first kappa shape index (κ1) is 14.9. The molecule has 0 heterocycles. The molecule has 20 heavy (non-hydrogen) atoms. The fraction of sp³-hybridized carbons (Fsp3) is 0.200. The van der Waals surface area contributed by atoms with Gasteiger partial charge in [-0.2, -0.15) is 0 Å². The fourth-order valence-electron chi connectivity index (χ4n) is 1.72. The van der Waals surface area contributed by atoms with Crippen molar-refractivity contribution >= 4 is 11.8 Å². The van der Waals surface area contributed by atoms with Gasteiger partial charge in [-0.25, -0.2) is 13.2 Å². The van der Waals surface area contributed by atoms with Gasteiger partial charge < -0.3 is 5.11 Å². The predicted octanol–water partition coefficient (Wildman–Crippen LogP) is 3.80. The largest absolute Gasteiger partial charge is 0.392 e. The van der Waals surface area contributed by atoms with Crippen molar-refractivity contribution < 1.29 is 18.3 Å². The average molecular weight is 298 g/mol. The molecule has 0 saturated carbocycles. The van der Waals surface area contributed by atoms with Crippen molar-refractivity contribution in [3.63, 3.8) is 0 Å². The quantitative estimate of drug-likeness (QED) is 0.847. The molecule has 2 aromatic carbocycles. The summed E-state index contributed by atoms with van der Waals surface area (Å²) in [4.78, 5) is 0.824. The molecule has 0 spiro atoms. The minimum Gasteiger partial charge on any atom is -0.392 e. The maximum absolute atomic E-state index is 13.4. The van der Waals surface area contributed by atoms with Crippen molar-refractivity contribution in [2.24, 2.45) is 0 Å². The van der Waals surface area contributed by atoms with E-state index in [2.05, 4.69) is 0 Å². The van der Waals surface area contributed by atoms with Gasteiger partial charge in [0.15, 0.2) is 0 Å². The van der Waals surface area contributed by atoms with Crippen LogP contribution in [0.25, 0.3) is 0 Å². The lowest BCUT2D eigenvalue weighted by Gasteiger charge is -2.11. The maximum Gasteiger partial charge on any atom is 0.129 e. The number of aliphatic hydroxyl groups excluding tert-OH is 1. The van der Waals surface area contributed by atoms with Crippen LogP contribution in [0, 0.1) is 17.5 Å². The van der Waals surface area contributed by atoms with E-state index in [4.69, 9.17) is 0 Å². The van der Waals surface area contributed by atoms with E-state index in [1.807, 2.05) is 0 Å². The van der Waals surface area contributed by atoms with Gasteiger partial charge in [-0.3, -0.25) is 0 Å². The molecular weight excluding hydrogens is 285 g/mol. The Morgan fingerprint density at radius 1 is 0.950 bits per heavy atom. The lowest BCUT2D eigenvalue weighted by molar-refractivity contribution is 0.198. The van der Waals surface area contributed by atoms with E-state index in [0.717, 1.165) is 17.0 Å². The molecule has 0 aromatic heterocycles. The molecule has 0 aliphatic rings. The van der Waals surface area contributed by atoms with Gasteiger partial charge >= 0.3 is 0 Å². The summed E-state index contributed by atoms with van der Waals surface area (Å²) in [5.41, 5.74) is 0.276. The monoisotopic (exact) mass is 298 g/mol. The van der Waals surface area contributed by atoms with Crippen molar-refractivity contribution in [3.8, 4) is 0 Å². The summed E-state index contributed by atoms with van der Waals surface area (Å²) < 4.78 is 38.9. The van der Waals surface area contributed by atoms with Gasteiger partial charge in [0.05, 0.1) is 6.10 Å². The summed E-state index contributed by atoms with van der Waals surface area (Å²) in [6.45, 7) is 0. The third-order valence-electron chi connectivity index (χ3n) is 2.73. The highest BCUT2D eigenvalue weighted by atomic mass is 32.2. The van der Waals surface area contributed by atoms with Crippen LogP contribution in [-0.4, -0.2) is 17.0 Å². The molecule has 1 N–H and O–H groups in total. The van der Waals surface area contributed by atoms with Crippen LogP contribution in [0.4, 0.5) is 13.2 Å². The lowest BCUT2D eigenvalue weighted by atomic mass is 10.1. The van der Waals surface area contributed by atoms with E-state index in [9.17, 15) is 18.3 Å². The molecule has 2 rings (SSSR count). The molecule has 0 aliphatic carbocycles. The molecular formula is C15H13F3OS. The van der Waals surface area contributed by atoms with Gasteiger partial charge in [0.1, 0.15) is 17.5 Å². The minimum absolute atomic E-state index is 0.111. The number of hydrogen-bond acceptors (Lipinski definition) is 2. The molecule has 1 unspecified atom stereocenters. The molecule has 5 heteroatoms. The van der Waals surface area contributed by atoms with E-state index >= 15 is 0 Å². The molecule has 0 amide bonds. The van der Waals surface area contributed by atoms with Gasteiger partial charge in [0, 0.05) is 23.1 Å². The van der Waals surface area contributed by atoms with Crippen LogP contribution in [0.3, 0.4) is 0 Å². The Kier molecular flexibility index (Phi) is 5.09. The van der Waals surface area contributed by atoms with Crippen LogP contribution < -0.4 is 0 Å². The zero-order chi connectivity index (χ0) is 14.5. The van der Waals surface area contributed by atoms with Crippen LogP contribution in [0.1, 0.15) is 5.56 Å². The van der Waals surface area contributed by atoms with Crippen LogP contribution in [0.2, 0.25) is 0 Å². The number of benzene rings is 2. The van der Waals surface area contributed by atoms with E-state index in [-0.39, 0.29) is 17.8 Å². The summed E-state index contributed by atoms with van der Waals surface area (Å²) in [7, 11) is 0. The number of thioether (sulfide) groups is 1. The van der Waals surface area contributed by atoms with E-state index < -0.39 is 17.7 Å². The third kappa shape index (κ3) is 4.28. The van der Waals surface area contributed by atoms with Gasteiger partial charge in [0.2, 0.25) is 0 Å². The second kappa shape index (κ2) is 6.81. The molecule has 0 bridgehead atoms. The highest BCUT2D eigenvalue weighted by molar-refractivity contribution is 7.99. The van der Waals surface area contributed by atoms with Gasteiger partial charge in [0.25, 0.3) is 0 Å². The van der Waals surface area contributed by atoms with Crippen molar-refractivity contribution in [1.82, 2.24) is 0 Å². The maximum atomic E-state index is 13.4. The first-order valence-electron chi connectivity index (χ1n) is 6.05. The second-order valence-electron chi connectivity index (χ2n) is 4.36. The Balaban J connectivity index is 1.89. The first-order chi connectivity index (χ1) is 9.54. The van der Waals surface area contributed by atoms with E-state index in [1.54, 1.807) is 12.1 Å². The molecule has 2 aromatic rings. The standard InChI is InChI=1S/C15H13F3OS/c16-11-3-5-14(6-4-11)20-9-13(19)7-10-1-2-12(17)8-15(10)18/h1-6,8,13,19H,7,9H2. The Labute approximate surface area is 119 Å². The molecule has 0 fully saturated rings. The highest BCUT2D eigenvalue weighted by Gasteiger charge is 2.11. The number of hydrogen-bond donors (Lipinski definition) is 1. The summed E-state index contributed by atoms with van der Waals surface area (Å²) in [5, 5.41) is 9.86. The molecule has 1 atom stereocenters. The van der Waals surface area contributed by atoms with Crippen molar-refractivity contribution in [3.05, 3.63) is 65.5 Å². The van der Waals surface area contributed by atoms with Crippen LogP contribution in [0.5, 0.6) is 0 Å². The van der Waals surface area contributed by atoms with Gasteiger partial charge in [-0.1, -0.05) is 6.07 Å². The molecule has 0 radical (unpaired) electrons. The van der Waals surface area contributed by atoms with E-state index in [1.165, 1.54) is 30.0 Å². The molecule has 1 nitrogen and oxygen atoms in total. The molecule has 0 aliphatic heterocycles. The average Bonchev–Trinajstić information content (AvgIpc) is 2.41. The number of aliphatic hydroxyl groups is 1. The van der Waals surface area contributed by atoms with Crippen molar-refractivity contribution in [1.29, 1.82) is 0 Å². The lowest BCUT2D eigenvalue weighted by Crippen LogP contribution is -2.14. The van der Waals surface area contributed by atoms with Crippen LogP contribution >= 0.6 is 11.8 Å². The SMILES string of the molecule is OC(CSc1ccc(F)cc1)Cc1ccc(F)cc1F. The van der Waals surface area contributed by atoms with Crippen molar-refractivity contribution in [2.45, 2.75) is 17.4 Å². The number of rotatable bonds is 5. The highest BCUT2D eigenvalue weighted by Crippen LogP contribution is 2.21. The van der Waals surface area contributed by atoms with Crippen molar-refractivity contribution in [2.75, 3.05) is 5.75 Å². The second-order valence-corrected chi connectivity index (χ2v) is 5.45. The smallest absolute Gasteiger partial charge is 0.129 e. The Morgan fingerprint density at radius 3 is 2.25 bits per heavy atom.